The molecule has 5 rings (SSSR count). The number of aromatic nitrogens is 4. The van der Waals surface area contributed by atoms with Gasteiger partial charge in [0.25, 0.3) is 0 Å². The summed E-state index contributed by atoms with van der Waals surface area (Å²) in [5.74, 6) is 0.0679. The number of pyridine rings is 1. The topological polar surface area (TPSA) is 101 Å². The van der Waals surface area contributed by atoms with Gasteiger partial charge in [-0.15, -0.1) is 0 Å². The van der Waals surface area contributed by atoms with Crippen molar-refractivity contribution in [3.63, 3.8) is 0 Å². The second-order valence-electron chi connectivity index (χ2n) is 8.79. The molecule has 10 heteroatoms. The van der Waals surface area contributed by atoms with E-state index in [0.29, 0.717) is 19.6 Å². The normalized spacial score (nSPS) is 16.6. The number of piperazine rings is 1. The molecule has 1 aliphatic rings. The van der Waals surface area contributed by atoms with E-state index in [1.165, 1.54) is 0 Å². The van der Waals surface area contributed by atoms with E-state index in [1.807, 2.05) is 58.1 Å². The Labute approximate surface area is 204 Å². The third-order valence-corrected chi connectivity index (χ3v) is 7.17. The fourth-order valence-electron chi connectivity index (χ4n) is 4.57. The van der Waals surface area contributed by atoms with Gasteiger partial charge in [0.15, 0.2) is 0 Å². The number of benzene rings is 1. The highest BCUT2D eigenvalue weighted by molar-refractivity contribution is 7.90. The Balaban J connectivity index is 1.32. The number of rotatable bonds is 5. The van der Waals surface area contributed by atoms with Crippen LogP contribution >= 0.6 is 0 Å². The summed E-state index contributed by atoms with van der Waals surface area (Å²) in [6.45, 7) is 4.27. The molecule has 1 fully saturated rings. The van der Waals surface area contributed by atoms with Crippen molar-refractivity contribution in [3.8, 4) is 11.1 Å². The van der Waals surface area contributed by atoms with Crippen molar-refractivity contribution in [2.24, 2.45) is 0 Å². The summed E-state index contributed by atoms with van der Waals surface area (Å²) in [5.41, 5.74) is 3.48. The van der Waals surface area contributed by atoms with Gasteiger partial charge in [-0.1, -0.05) is 18.2 Å². The minimum Gasteiger partial charge on any atom is -0.367 e. The number of fused-ring (bicyclic) bond motifs is 1. The molecule has 35 heavy (non-hydrogen) atoms. The Morgan fingerprint density at radius 2 is 1.80 bits per heavy atom. The first-order valence-electron chi connectivity index (χ1n) is 11.4. The number of sulfone groups is 1. The summed E-state index contributed by atoms with van der Waals surface area (Å²) in [4.78, 5) is 29.8. The monoisotopic (exact) mass is 490 g/mol. The molecule has 0 N–H and O–H groups in total. The third-order valence-electron chi connectivity index (χ3n) is 6.29. The van der Waals surface area contributed by atoms with Gasteiger partial charge in [-0.25, -0.2) is 23.4 Å². The lowest BCUT2D eigenvalue weighted by atomic mass is 10.0. The summed E-state index contributed by atoms with van der Waals surface area (Å²) < 4.78 is 25.3. The first-order valence-corrected chi connectivity index (χ1v) is 13.3. The van der Waals surface area contributed by atoms with E-state index in [-0.39, 0.29) is 23.7 Å². The van der Waals surface area contributed by atoms with Crippen molar-refractivity contribution in [2.75, 3.05) is 30.8 Å². The lowest BCUT2D eigenvalue weighted by Crippen LogP contribution is -2.54. The summed E-state index contributed by atoms with van der Waals surface area (Å²) in [5, 5.41) is 0.827. The Kier molecular flexibility index (Phi) is 5.98. The van der Waals surface area contributed by atoms with Crippen LogP contribution in [0.1, 0.15) is 6.92 Å². The van der Waals surface area contributed by atoms with Gasteiger partial charge in [0.2, 0.25) is 20.9 Å². The number of carbonyl (C=O) groups excluding carboxylic acids is 1. The maximum atomic E-state index is 13.2. The molecule has 0 bridgehead atoms. The minimum absolute atomic E-state index is 0.0166. The maximum Gasteiger partial charge on any atom is 0.246 e. The fraction of sp³-hybridized carbons (Fsp3) is 0.280. The van der Waals surface area contributed by atoms with Gasteiger partial charge in [0.05, 0.1) is 0 Å². The molecule has 9 nitrogen and oxygen atoms in total. The van der Waals surface area contributed by atoms with Crippen LogP contribution in [-0.4, -0.2) is 70.7 Å². The van der Waals surface area contributed by atoms with E-state index in [0.717, 1.165) is 34.1 Å². The van der Waals surface area contributed by atoms with Gasteiger partial charge in [-0.05, 0) is 31.2 Å². The minimum atomic E-state index is -3.46. The van der Waals surface area contributed by atoms with Crippen molar-refractivity contribution >= 4 is 32.5 Å². The van der Waals surface area contributed by atoms with E-state index >= 15 is 0 Å². The molecule has 0 saturated carbocycles. The van der Waals surface area contributed by atoms with Crippen LogP contribution in [0.4, 0.5) is 5.69 Å². The number of amides is 1. The lowest BCUT2D eigenvalue weighted by Gasteiger charge is -2.41. The number of hydrogen-bond acceptors (Lipinski definition) is 7. The van der Waals surface area contributed by atoms with Crippen LogP contribution in [-0.2, 0) is 21.2 Å². The van der Waals surface area contributed by atoms with Crippen LogP contribution < -0.4 is 4.90 Å². The molecule has 1 saturated heterocycles. The highest BCUT2D eigenvalue weighted by Crippen LogP contribution is 2.31. The second kappa shape index (κ2) is 9.10. The van der Waals surface area contributed by atoms with Gasteiger partial charge >= 0.3 is 0 Å². The highest BCUT2D eigenvalue weighted by Gasteiger charge is 2.29. The third kappa shape index (κ3) is 4.61. The second-order valence-corrected chi connectivity index (χ2v) is 10.7. The predicted octanol–water partition coefficient (Wildman–Crippen LogP) is 2.63. The van der Waals surface area contributed by atoms with Crippen molar-refractivity contribution in [2.45, 2.75) is 24.7 Å². The number of para-hydroxylation sites is 1. The van der Waals surface area contributed by atoms with Crippen molar-refractivity contribution < 1.29 is 13.2 Å². The summed E-state index contributed by atoms with van der Waals surface area (Å²) in [6.07, 6.45) is 7.82. The number of hydrogen-bond donors (Lipinski definition) is 0. The zero-order valence-corrected chi connectivity index (χ0v) is 20.4. The van der Waals surface area contributed by atoms with Gasteiger partial charge in [-0.2, -0.15) is 0 Å². The number of anilines is 1. The van der Waals surface area contributed by atoms with E-state index in [1.54, 1.807) is 18.6 Å². The van der Waals surface area contributed by atoms with Gasteiger partial charge in [-0.3, -0.25) is 4.79 Å². The number of nitrogens with zero attached hydrogens (tertiary/aromatic N) is 6. The molecular weight excluding hydrogens is 464 g/mol. The first-order chi connectivity index (χ1) is 16.8. The Bertz CT molecular complexity index is 1480. The molecule has 3 aromatic heterocycles. The molecule has 0 radical (unpaired) electrons. The van der Waals surface area contributed by atoms with Crippen LogP contribution in [0.5, 0.6) is 0 Å². The zero-order chi connectivity index (χ0) is 24.6. The molecule has 1 amide bonds. The molecule has 0 aliphatic carbocycles. The Morgan fingerprint density at radius 1 is 1.03 bits per heavy atom. The lowest BCUT2D eigenvalue weighted by molar-refractivity contribution is -0.134. The van der Waals surface area contributed by atoms with E-state index < -0.39 is 9.84 Å². The van der Waals surface area contributed by atoms with Crippen molar-refractivity contribution in [3.05, 3.63) is 67.3 Å². The summed E-state index contributed by atoms with van der Waals surface area (Å²) in [6, 6.07) is 13.8. The molecule has 1 aliphatic heterocycles. The maximum absolute atomic E-state index is 13.2. The molecule has 1 aromatic carbocycles. The van der Waals surface area contributed by atoms with Gasteiger partial charge in [0.1, 0.15) is 12.2 Å². The first kappa shape index (κ1) is 23.0. The predicted molar refractivity (Wildman–Crippen MR) is 134 cm³/mol. The molecular formula is C25H26N6O3S. The quantitative estimate of drug-likeness (QED) is 0.396. The SMILES string of the molecule is CC1CN(c2ccccc2-c2cnc(S(C)(=O)=O)nc2)CCN1C(=O)Cn1ccc2cccnc21. The van der Waals surface area contributed by atoms with Crippen LogP contribution in [0, 0.1) is 0 Å². The van der Waals surface area contributed by atoms with Crippen molar-refractivity contribution in [1.82, 2.24) is 24.4 Å². The standard InChI is InChI=1S/C25H26N6O3S/c1-18-16-29(12-13-31(18)23(32)17-30-11-9-19-6-5-10-26-24(19)30)22-8-4-3-7-21(22)20-14-27-25(28-15-20)35(2,33)34/h3-11,14-15,18H,12-13,16-17H2,1-2H3. The fourth-order valence-corrected chi connectivity index (χ4v) is 5.06. The van der Waals surface area contributed by atoms with Crippen LogP contribution in [0.3, 0.4) is 0 Å². The molecule has 1 atom stereocenters. The van der Waals surface area contributed by atoms with E-state index in [9.17, 15) is 13.2 Å². The molecule has 4 aromatic rings. The molecule has 1 unspecified atom stereocenters. The zero-order valence-electron chi connectivity index (χ0n) is 19.6. The Hall–Kier alpha value is -3.79. The average molecular weight is 491 g/mol. The van der Waals surface area contributed by atoms with Gasteiger partial charge < -0.3 is 14.4 Å². The molecule has 180 valence electrons. The van der Waals surface area contributed by atoms with E-state index in [4.69, 9.17) is 0 Å². The molecule has 0 spiro atoms. The van der Waals surface area contributed by atoms with Crippen LogP contribution in [0.25, 0.3) is 22.2 Å². The van der Waals surface area contributed by atoms with Crippen LogP contribution in [0.2, 0.25) is 0 Å². The largest absolute Gasteiger partial charge is 0.367 e. The smallest absolute Gasteiger partial charge is 0.246 e. The molecule has 4 heterocycles. The highest BCUT2D eigenvalue weighted by atomic mass is 32.2. The summed E-state index contributed by atoms with van der Waals surface area (Å²) in [7, 11) is -3.46. The van der Waals surface area contributed by atoms with Crippen molar-refractivity contribution in [1.29, 1.82) is 0 Å². The van der Waals surface area contributed by atoms with Gasteiger partial charge in [0, 0.05) is 78.9 Å². The number of carbonyl (C=O) groups is 1. The van der Waals surface area contributed by atoms with E-state index in [2.05, 4.69) is 26.8 Å². The summed E-state index contributed by atoms with van der Waals surface area (Å²) >= 11 is 0. The Morgan fingerprint density at radius 3 is 2.54 bits per heavy atom. The van der Waals surface area contributed by atoms with Crippen LogP contribution in [0.15, 0.2) is 72.4 Å². The average Bonchev–Trinajstić information content (AvgIpc) is 3.26.